The van der Waals surface area contributed by atoms with Crippen LogP contribution >= 0.6 is 11.6 Å². The molecule has 1 aliphatic heterocycles. The van der Waals surface area contributed by atoms with Crippen LogP contribution in [-0.2, 0) is 14.4 Å². The first-order valence-corrected chi connectivity index (χ1v) is 11.2. The van der Waals surface area contributed by atoms with Gasteiger partial charge in [0.15, 0.2) is 0 Å². The summed E-state index contributed by atoms with van der Waals surface area (Å²) < 4.78 is 0. The van der Waals surface area contributed by atoms with Crippen LogP contribution in [0.15, 0.2) is 66.8 Å². The molecule has 0 unspecified atom stereocenters. The molecular formula is C25H26ClN3O7. The molecule has 0 bridgehead atoms. The van der Waals surface area contributed by atoms with Crippen molar-refractivity contribution >= 4 is 52.5 Å². The number of aliphatic carboxylic acids is 3. The lowest BCUT2D eigenvalue weighted by Crippen LogP contribution is -2.25. The molecule has 10 nitrogen and oxygen atoms in total. The molecule has 1 amide bonds. The van der Waals surface area contributed by atoms with Crippen LogP contribution in [0.25, 0.3) is 0 Å². The third-order valence-corrected chi connectivity index (χ3v) is 5.18. The third kappa shape index (κ3) is 8.26. The Kier molecular flexibility index (Phi) is 10.7. The molecule has 0 fully saturated rings. The van der Waals surface area contributed by atoms with Gasteiger partial charge in [-0.2, -0.15) is 0 Å². The van der Waals surface area contributed by atoms with Crippen LogP contribution < -0.4 is 15.1 Å². The zero-order chi connectivity index (χ0) is 26.7. The Labute approximate surface area is 212 Å². The van der Waals surface area contributed by atoms with Gasteiger partial charge in [0.05, 0.1) is 22.6 Å². The Balaban J connectivity index is 0.000000493. The summed E-state index contributed by atoms with van der Waals surface area (Å²) in [4.78, 5) is 46.3. The van der Waals surface area contributed by atoms with E-state index in [1.807, 2.05) is 36.4 Å². The second kappa shape index (κ2) is 13.7. The second-order valence-electron chi connectivity index (χ2n) is 7.47. The van der Waals surface area contributed by atoms with Crippen molar-refractivity contribution in [3.63, 3.8) is 0 Å². The minimum Gasteiger partial charge on any atom is -0.478 e. The number of carboxylic acids is 3. The number of carboxylic acid groups (broad SMARTS) is 3. The molecule has 1 aliphatic rings. The van der Waals surface area contributed by atoms with Crippen molar-refractivity contribution in [1.29, 1.82) is 0 Å². The normalized spacial score (nSPS) is 12.6. The van der Waals surface area contributed by atoms with Crippen LogP contribution in [0.4, 0.5) is 17.1 Å². The van der Waals surface area contributed by atoms with E-state index in [1.165, 1.54) is 0 Å². The number of rotatable bonds is 9. The van der Waals surface area contributed by atoms with Crippen molar-refractivity contribution in [1.82, 2.24) is 5.32 Å². The van der Waals surface area contributed by atoms with E-state index >= 15 is 0 Å². The van der Waals surface area contributed by atoms with Gasteiger partial charge in [0.1, 0.15) is 0 Å². The number of nitrogens with one attached hydrogen (secondary N) is 1. The molecule has 1 heterocycles. The Hall–Kier alpha value is -4.15. The van der Waals surface area contributed by atoms with E-state index in [0.717, 1.165) is 29.6 Å². The van der Waals surface area contributed by atoms with Gasteiger partial charge >= 0.3 is 17.9 Å². The van der Waals surface area contributed by atoms with E-state index in [9.17, 15) is 19.2 Å². The Morgan fingerprint density at radius 2 is 1.56 bits per heavy atom. The molecule has 190 valence electrons. The fraction of sp³-hybridized carbons (Fsp3) is 0.200. The van der Waals surface area contributed by atoms with E-state index in [2.05, 4.69) is 10.2 Å². The van der Waals surface area contributed by atoms with Crippen LogP contribution in [0.2, 0.25) is 5.02 Å². The van der Waals surface area contributed by atoms with Crippen molar-refractivity contribution in [3.8, 4) is 0 Å². The summed E-state index contributed by atoms with van der Waals surface area (Å²) in [6, 6.07) is 13.1. The molecule has 0 saturated heterocycles. The number of anilines is 3. The third-order valence-electron chi connectivity index (χ3n) is 4.95. The van der Waals surface area contributed by atoms with Crippen molar-refractivity contribution < 1.29 is 34.5 Å². The number of hydrogen-bond acceptors (Lipinski definition) is 6. The molecule has 0 atom stereocenters. The maximum Gasteiger partial charge on any atom is 0.328 e. The van der Waals surface area contributed by atoms with Crippen LogP contribution in [0, 0.1) is 0 Å². The predicted molar refractivity (Wildman–Crippen MR) is 136 cm³/mol. The topological polar surface area (TPSA) is 147 Å². The number of carbonyl (C=O) groups excluding carboxylic acids is 1. The number of halogens is 1. The molecule has 0 radical (unpaired) electrons. The van der Waals surface area contributed by atoms with Gasteiger partial charge in [-0.15, -0.1) is 0 Å². The first kappa shape index (κ1) is 28.1. The molecule has 3 rings (SSSR count). The highest BCUT2D eigenvalue weighted by Gasteiger charge is 2.28. The fourth-order valence-electron chi connectivity index (χ4n) is 3.40. The van der Waals surface area contributed by atoms with E-state index in [4.69, 9.17) is 26.9 Å². The summed E-state index contributed by atoms with van der Waals surface area (Å²) in [7, 11) is 1.77. The molecule has 0 aliphatic carbocycles. The van der Waals surface area contributed by atoms with Crippen LogP contribution in [0.5, 0.6) is 0 Å². The molecule has 2 aromatic carbocycles. The van der Waals surface area contributed by atoms with Gasteiger partial charge in [-0.1, -0.05) is 29.8 Å². The van der Waals surface area contributed by atoms with E-state index in [1.54, 1.807) is 24.1 Å². The monoisotopic (exact) mass is 515 g/mol. The average Bonchev–Trinajstić information content (AvgIpc) is 2.91. The SMILES string of the molecule is CN1C(=O)c2ccccc2N(CCCNC/C=C/C(=O)O)c2cc(Cl)ccc21.O=C(O)/C=C\C(=O)O. The number of carbonyl (C=O) groups is 4. The summed E-state index contributed by atoms with van der Waals surface area (Å²) >= 11 is 6.25. The largest absolute Gasteiger partial charge is 0.478 e. The summed E-state index contributed by atoms with van der Waals surface area (Å²) in [6.07, 6.45) is 4.62. The first-order chi connectivity index (χ1) is 17.1. The number of amides is 1. The van der Waals surface area contributed by atoms with Gasteiger partial charge in [0, 0.05) is 43.4 Å². The Morgan fingerprint density at radius 3 is 2.19 bits per heavy atom. The maximum absolute atomic E-state index is 12.9. The smallest absolute Gasteiger partial charge is 0.328 e. The molecule has 2 aromatic rings. The lowest BCUT2D eigenvalue weighted by atomic mass is 10.1. The molecule has 0 saturated carbocycles. The first-order valence-electron chi connectivity index (χ1n) is 10.8. The molecule has 11 heteroatoms. The van der Waals surface area contributed by atoms with E-state index < -0.39 is 17.9 Å². The minimum atomic E-state index is -1.26. The van der Waals surface area contributed by atoms with Gasteiger partial charge in [-0.25, -0.2) is 14.4 Å². The number of hydrogen-bond donors (Lipinski definition) is 4. The quantitative estimate of drug-likeness (QED) is 0.291. The molecule has 4 N–H and O–H groups in total. The predicted octanol–water partition coefficient (Wildman–Crippen LogP) is 3.40. The number of fused-ring (bicyclic) bond motifs is 2. The van der Waals surface area contributed by atoms with Crippen molar-refractivity contribution in [2.24, 2.45) is 0 Å². The standard InChI is InChI=1S/C21H22ClN3O3.C4H4O4/c1-24-18-10-9-15(22)14-19(18)25(13-5-12-23-11-4-8-20(26)27)17-7-3-2-6-16(17)21(24)28;5-3(6)1-2-4(7)8/h2-4,6-10,14,23H,5,11-13H2,1H3,(H,26,27);1-2H,(H,5,6)(H,7,8)/b8-4+;2-1-. The zero-order valence-corrected chi connectivity index (χ0v) is 20.2. The van der Waals surface area contributed by atoms with Crippen molar-refractivity contribution in [3.05, 3.63) is 77.4 Å². The second-order valence-corrected chi connectivity index (χ2v) is 7.91. The summed E-state index contributed by atoms with van der Waals surface area (Å²) in [5.41, 5.74) is 3.20. The van der Waals surface area contributed by atoms with Gasteiger partial charge in [-0.3, -0.25) is 4.79 Å². The van der Waals surface area contributed by atoms with Gasteiger partial charge in [-0.05, 0) is 43.3 Å². The van der Waals surface area contributed by atoms with E-state index in [-0.39, 0.29) is 5.91 Å². The summed E-state index contributed by atoms with van der Waals surface area (Å²) in [5.74, 6) is -3.52. The molecule has 36 heavy (non-hydrogen) atoms. The molecule has 0 spiro atoms. The van der Waals surface area contributed by atoms with Crippen molar-refractivity contribution in [2.45, 2.75) is 6.42 Å². The van der Waals surface area contributed by atoms with Crippen LogP contribution in [-0.4, -0.2) is 65.8 Å². The zero-order valence-electron chi connectivity index (χ0n) is 19.4. The summed E-state index contributed by atoms with van der Waals surface area (Å²) in [5, 5.41) is 28.0. The number of para-hydroxylation sites is 1. The highest BCUT2D eigenvalue weighted by atomic mass is 35.5. The Bertz CT molecular complexity index is 1160. The summed E-state index contributed by atoms with van der Waals surface area (Å²) in [6.45, 7) is 1.88. The fourth-order valence-corrected chi connectivity index (χ4v) is 3.56. The van der Waals surface area contributed by atoms with E-state index in [0.29, 0.717) is 42.4 Å². The lowest BCUT2D eigenvalue weighted by Gasteiger charge is -2.27. The Morgan fingerprint density at radius 1 is 0.917 bits per heavy atom. The average molecular weight is 516 g/mol. The highest BCUT2D eigenvalue weighted by Crippen LogP contribution is 2.41. The van der Waals surface area contributed by atoms with Crippen LogP contribution in [0.1, 0.15) is 16.8 Å². The lowest BCUT2D eigenvalue weighted by molar-refractivity contribution is -0.134. The maximum atomic E-state index is 12.9. The van der Waals surface area contributed by atoms with Gasteiger partial charge in [0.2, 0.25) is 0 Å². The van der Waals surface area contributed by atoms with Gasteiger partial charge in [0.25, 0.3) is 5.91 Å². The highest BCUT2D eigenvalue weighted by molar-refractivity contribution is 6.31. The van der Waals surface area contributed by atoms with Gasteiger partial charge < -0.3 is 30.4 Å². The van der Waals surface area contributed by atoms with Crippen LogP contribution in [0.3, 0.4) is 0 Å². The van der Waals surface area contributed by atoms with Crippen molar-refractivity contribution in [2.75, 3.05) is 36.5 Å². The minimum absolute atomic E-state index is 0.0568. The molecular weight excluding hydrogens is 490 g/mol. The number of benzene rings is 2. The molecule has 0 aromatic heterocycles. The number of nitrogens with zero attached hydrogens (tertiary/aromatic N) is 2.